The van der Waals surface area contributed by atoms with Crippen molar-refractivity contribution in [3.8, 4) is 0 Å². The zero-order valence-corrected chi connectivity index (χ0v) is 9.93. The van der Waals surface area contributed by atoms with Crippen LogP contribution in [0.1, 0.15) is 22.3 Å². The first-order chi connectivity index (χ1) is 6.68. The molecular formula is C10H9BrO2S. The normalized spacial score (nSPS) is 13.1. The van der Waals surface area contributed by atoms with Gasteiger partial charge in [0, 0.05) is 4.88 Å². The third-order valence-electron chi connectivity index (χ3n) is 1.96. The van der Waals surface area contributed by atoms with Gasteiger partial charge in [0.05, 0.1) is 10.0 Å². The third-order valence-corrected chi connectivity index (χ3v) is 4.15. The zero-order chi connectivity index (χ0) is 10.1. The number of thiophene rings is 1. The van der Waals surface area contributed by atoms with Gasteiger partial charge in [0.15, 0.2) is 0 Å². The summed E-state index contributed by atoms with van der Waals surface area (Å²) in [6, 6.07) is 5.50. The van der Waals surface area contributed by atoms with E-state index in [4.69, 9.17) is 4.42 Å². The van der Waals surface area contributed by atoms with Crippen molar-refractivity contribution >= 4 is 27.3 Å². The number of halogens is 1. The minimum atomic E-state index is -0.653. The number of hydrogen-bond acceptors (Lipinski definition) is 3. The number of aliphatic hydroxyl groups is 1. The van der Waals surface area contributed by atoms with Gasteiger partial charge in [-0.25, -0.2) is 0 Å². The van der Waals surface area contributed by atoms with Crippen LogP contribution in [0.2, 0.25) is 0 Å². The van der Waals surface area contributed by atoms with E-state index in [2.05, 4.69) is 15.9 Å². The van der Waals surface area contributed by atoms with Crippen LogP contribution in [0.15, 0.2) is 32.7 Å². The average molecular weight is 273 g/mol. The SMILES string of the molecule is Cc1cc(C(O)c2ccco2)sc1Br. The van der Waals surface area contributed by atoms with E-state index >= 15 is 0 Å². The second-order valence-electron chi connectivity index (χ2n) is 3.02. The van der Waals surface area contributed by atoms with Gasteiger partial charge in [-0.05, 0) is 46.6 Å². The van der Waals surface area contributed by atoms with Crippen molar-refractivity contribution in [1.82, 2.24) is 0 Å². The summed E-state index contributed by atoms with van der Waals surface area (Å²) in [5.41, 5.74) is 1.13. The lowest BCUT2D eigenvalue weighted by Gasteiger charge is -2.03. The van der Waals surface area contributed by atoms with E-state index < -0.39 is 6.10 Å². The Kier molecular flexibility index (Phi) is 2.76. The highest BCUT2D eigenvalue weighted by molar-refractivity contribution is 9.11. The molecule has 1 unspecified atom stereocenters. The summed E-state index contributed by atoms with van der Waals surface area (Å²) in [6.07, 6.45) is 0.911. The molecule has 0 bridgehead atoms. The highest BCUT2D eigenvalue weighted by Crippen LogP contribution is 2.34. The number of aliphatic hydroxyl groups excluding tert-OH is 1. The smallest absolute Gasteiger partial charge is 0.146 e. The molecular weight excluding hydrogens is 264 g/mol. The quantitative estimate of drug-likeness (QED) is 0.908. The Bertz CT molecular complexity index is 400. The summed E-state index contributed by atoms with van der Waals surface area (Å²) in [5, 5.41) is 9.91. The molecule has 0 saturated heterocycles. The Hall–Kier alpha value is -0.580. The van der Waals surface area contributed by atoms with Crippen molar-refractivity contribution in [2.24, 2.45) is 0 Å². The highest BCUT2D eigenvalue weighted by atomic mass is 79.9. The highest BCUT2D eigenvalue weighted by Gasteiger charge is 2.16. The van der Waals surface area contributed by atoms with Crippen molar-refractivity contribution in [2.75, 3.05) is 0 Å². The first-order valence-corrected chi connectivity index (χ1v) is 5.76. The molecule has 0 saturated carbocycles. The van der Waals surface area contributed by atoms with Crippen LogP contribution in [-0.4, -0.2) is 5.11 Å². The molecule has 4 heteroatoms. The minimum Gasteiger partial charge on any atom is -0.466 e. The van der Waals surface area contributed by atoms with Crippen LogP contribution in [0.4, 0.5) is 0 Å². The number of furan rings is 1. The molecule has 0 aliphatic rings. The Morgan fingerprint density at radius 1 is 1.57 bits per heavy atom. The van der Waals surface area contributed by atoms with Crippen LogP contribution < -0.4 is 0 Å². The molecule has 2 nitrogen and oxygen atoms in total. The fraction of sp³-hybridized carbons (Fsp3) is 0.200. The van der Waals surface area contributed by atoms with Gasteiger partial charge in [-0.15, -0.1) is 11.3 Å². The van der Waals surface area contributed by atoms with Gasteiger partial charge in [-0.2, -0.15) is 0 Å². The third kappa shape index (κ3) is 1.78. The maximum atomic E-state index is 9.91. The van der Waals surface area contributed by atoms with Crippen LogP contribution in [0, 0.1) is 6.92 Å². The van der Waals surface area contributed by atoms with Gasteiger partial charge in [0.25, 0.3) is 0 Å². The van der Waals surface area contributed by atoms with E-state index in [0.29, 0.717) is 5.76 Å². The molecule has 1 atom stereocenters. The number of rotatable bonds is 2. The molecule has 0 aliphatic carbocycles. The molecule has 2 rings (SSSR count). The second-order valence-corrected chi connectivity index (χ2v) is 5.43. The molecule has 0 spiro atoms. The van der Waals surface area contributed by atoms with E-state index in [-0.39, 0.29) is 0 Å². The number of aryl methyl sites for hydroxylation is 1. The molecule has 0 fully saturated rings. The van der Waals surface area contributed by atoms with Crippen LogP contribution in [0.5, 0.6) is 0 Å². The van der Waals surface area contributed by atoms with Gasteiger partial charge < -0.3 is 9.52 Å². The van der Waals surface area contributed by atoms with Crippen molar-refractivity contribution in [2.45, 2.75) is 13.0 Å². The lowest BCUT2D eigenvalue weighted by molar-refractivity contribution is 0.193. The summed E-state index contributed by atoms with van der Waals surface area (Å²) in [4.78, 5) is 0.893. The zero-order valence-electron chi connectivity index (χ0n) is 7.53. The molecule has 0 radical (unpaired) electrons. The molecule has 74 valence electrons. The Morgan fingerprint density at radius 2 is 2.36 bits per heavy atom. The van der Waals surface area contributed by atoms with E-state index in [1.807, 2.05) is 13.0 Å². The predicted molar refractivity (Wildman–Crippen MR) is 59.5 cm³/mol. The van der Waals surface area contributed by atoms with E-state index in [1.54, 1.807) is 18.4 Å². The van der Waals surface area contributed by atoms with Gasteiger partial charge in [-0.1, -0.05) is 0 Å². The van der Waals surface area contributed by atoms with Gasteiger partial charge in [0.1, 0.15) is 11.9 Å². The molecule has 2 aromatic rings. The first-order valence-electron chi connectivity index (χ1n) is 4.16. The summed E-state index contributed by atoms with van der Waals surface area (Å²) in [6.45, 7) is 2.00. The van der Waals surface area contributed by atoms with Crippen LogP contribution >= 0.6 is 27.3 Å². The Labute approximate surface area is 94.3 Å². The largest absolute Gasteiger partial charge is 0.466 e. The van der Waals surface area contributed by atoms with Crippen LogP contribution in [0.3, 0.4) is 0 Å². The number of hydrogen-bond donors (Lipinski definition) is 1. The fourth-order valence-electron chi connectivity index (χ4n) is 1.21. The predicted octanol–water partition coefficient (Wildman–Crippen LogP) is 3.49. The topological polar surface area (TPSA) is 33.4 Å². The van der Waals surface area contributed by atoms with Crippen molar-refractivity contribution in [3.05, 3.63) is 44.4 Å². The molecule has 2 heterocycles. The fourth-order valence-corrected chi connectivity index (χ4v) is 2.77. The van der Waals surface area contributed by atoms with Crippen LogP contribution in [-0.2, 0) is 0 Å². The lowest BCUT2D eigenvalue weighted by Crippen LogP contribution is -1.93. The van der Waals surface area contributed by atoms with Gasteiger partial charge in [0.2, 0.25) is 0 Å². The standard InChI is InChI=1S/C10H9BrO2S/c1-6-5-8(14-10(6)11)9(12)7-3-2-4-13-7/h2-5,9,12H,1H3. The molecule has 0 aromatic carbocycles. The minimum absolute atomic E-state index is 0.582. The first kappa shape index (κ1) is 9.96. The van der Waals surface area contributed by atoms with Crippen molar-refractivity contribution in [3.63, 3.8) is 0 Å². The van der Waals surface area contributed by atoms with E-state index in [1.165, 1.54) is 11.3 Å². The van der Waals surface area contributed by atoms with Crippen molar-refractivity contribution < 1.29 is 9.52 Å². The van der Waals surface area contributed by atoms with Crippen molar-refractivity contribution in [1.29, 1.82) is 0 Å². The van der Waals surface area contributed by atoms with Gasteiger partial charge >= 0.3 is 0 Å². The molecule has 2 aromatic heterocycles. The lowest BCUT2D eigenvalue weighted by atomic mass is 10.2. The molecule has 1 N–H and O–H groups in total. The molecule has 14 heavy (non-hydrogen) atoms. The molecule has 0 aliphatic heterocycles. The summed E-state index contributed by atoms with van der Waals surface area (Å²) >= 11 is 4.95. The Balaban J connectivity index is 2.32. The van der Waals surface area contributed by atoms with E-state index in [0.717, 1.165) is 14.2 Å². The average Bonchev–Trinajstić information content (AvgIpc) is 2.76. The second kappa shape index (κ2) is 3.88. The summed E-state index contributed by atoms with van der Waals surface area (Å²) in [7, 11) is 0. The summed E-state index contributed by atoms with van der Waals surface area (Å²) < 4.78 is 6.19. The Morgan fingerprint density at radius 3 is 2.86 bits per heavy atom. The summed E-state index contributed by atoms with van der Waals surface area (Å²) in [5.74, 6) is 0.582. The van der Waals surface area contributed by atoms with E-state index in [9.17, 15) is 5.11 Å². The maximum absolute atomic E-state index is 9.91. The molecule has 0 amide bonds. The van der Waals surface area contributed by atoms with Gasteiger partial charge in [-0.3, -0.25) is 0 Å². The monoisotopic (exact) mass is 272 g/mol. The van der Waals surface area contributed by atoms with Crippen LogP contribution in [0.25, 0.3) is 0 Å². The maximum Gasteiger partial charge on any atom is 0.146 e.